The van der Waals surface area contributed by atoms with Crippen molar-refractivity contribution in [3.05, 3.63) is 0 Å². The lowest BCUT2D eigenvalue weighted by Gasteiger charge is -2.45. The number of nitrogens with zero attached hydrogens (tertiary/aromatic N) is 1. The lowest BCUT2D eigenvalue weighted by molar-refractivity contribution is -0.157. The second kappa shape index (κ2) is 4.24. The SMILES string of the molecule is CCN1CCCCC1(CC)OC. The molecule has 2 heteroatoms. The fraction of sp³-hybridized carbons (Fsp3) is 1.00. The van der Waals surface area contributed by atoms with Crippen LogP contribution >= 0.6 is 0 Å². The summed E-state index contributed by atoms with van der Waals surface area (Å²) in [6.07, 6.45) is 4.96. The van der Waals surface area contributed by atoms with Crippen molar-refractivity contribution in [3.63, 3.8) is 0 Å². The van der Waals surface area contributed by atoms with Gasteiger partial charge in [-0.25, -0.2) is 0 Å². The van der Waals surface area contributed by atoms with Gasteiger partial charge in [-0.2, -0.15) is 0 Å². The van der Waals surface area contributed by atoms with Crippen molar-refractivity contribution in [2.75, 3.05) is 20.2 Å². The van der Waals surface area contributed by atoms with Crippen LogP contribution in [0.25, 0.3) is 0 Å². The predicted molar refractivity (Wildman–Crippen MR) is 51.1 cm³/mol. The molecule has 1 rings (SSSR count). The first kappa shape index (κ1) is 10.0. The molecule has 0 aliphatic carbocycles. The van der Waals surface area contributed by atoms with Gasteiger partial charge in [0, 0.05) is 13.7 Å². The quantitative estimate of drug-likeness (QED) is 0.645. The molecule has 0 saturated carbocycles. The maximum Gasteiger partial charge on any atom is 0.121 e. The van der Waals surface area contributed by atoms with Crippen LogP contribution in [-0.2, 0) is 4.74 Å². The number of hydrogen-bond donors (Lipinski definition) is 0. The fourth-order valence-corrected chi connectivity index (χ4v) is 2.29. The summed E-state index contributed by atoms with van der Waals surface area (Å²) in [5.41, 5.74) is 0.0625. The molecule has 1 aliphatic rings. The molecule has 1 fully saturated rings. The molecule has 0 aromatic rings. The van der Waals surface area contributed by atoms with E-state index in [9.17, 15) is 0 Å². The standard InChI is InChI=1S/C10H21NO/c1-4-10(12-3)8-6-7-9-11(10)5-2/h4-9H2,1-3H3. The summed E-state index contributed by atoms with van der Waals surface area (Å²) in [4.78, 5) is 2.47. The van der Waals surface area contributed by atoms with E-state index in [4.69, 9.17) is 4.74 Å². The normalized spacial score (nSPS) is 32.2. The minimum absolute atomic E-state index is 0.0625. The number of methoxy groups -OCH3 is 1. The maximum atomic E-state index is 5.66. The minimum Gasteiger partial charge on any atom is -0.364 e. The Hall–Kier alpha value is -0.0800. The molecule has 0 aromatic heterocycles. The van der Waals surface area contributed by atoms with Crippen molar-refractivity contribution in [3.8, 4) is 0 Å². The second-order valence-electron chi connectivity index (χ2n) is 3.54. The average molecular weight is 171 g/mol. The number of piperidine rings is 1. The Morgan fingerprint density at radius 3 is 2.50 bits per heavy atom. The molecule has 0 radical (unpaired) electrons. The smallest absolute Gasteiger partial charge is 0.121 e. The highest BCUT2D eigenvalue weighted by atomic mass is 16.5. The third-order valence-corrected chi connectivity index (χ3v) is 3.14. The third kappa shape index (κ3) is 1.64. The largest absolute Gasteiger partial charge is 0.364 e. The van der Waals surface area contributed by atoms with Gasteiger partial charge in [-0.15, -0.1) is 0 Å². The van der Waals surface area contributed by atoms with Crippen molar-refractivity contribution in [2.45, 2.75) is 45.3 Å². The minimum atomic E-state index is 0.0625. The summed E-state index contributed by atoms with van der Waals surface area (Å²) < 4.78 is 5.66. The van der Waals surface area contributed by atoms with E-state index in [1.165, 1.54) is 25.8 Å². The van der Waals surface area contributed by atoms with Crippen LogP contribution in [0, 0.1) is 0 Å². The van der Waals surface area contributed by atoms with Gasteiger partial charge in [-0.1, -0.05) is 13.8 Å². The summed E-state index contributed by atoms with van der Waals surface area (Å²) >= 11 is 0. The fourth-order valence-electron chi connectivity index (χ4n) is 2.29. The van der Waals surface area contributed by atoms with E-state index in [1.54, 1.807) is 0 Å². The Morgan fingerprint density at radius 2 is 2.08 bits per heavy atom. The van der Waals surface area contributed by atoms with Crippen molar-refractivity contribution >= 4 is 0 Å². The van der Waals surface area contributed by atoms with Gasteiger partial charge in [-0.05, 0) is 32.2 Å². The summed E-state index contributed by atoms with van der Waals surface area (Å²) in [5, 5.41) is 0. The zero-order valence-corrected chi connectivity index (χ0v) is 8.60. The van der Waals surface area contributed by atoms with Crippen LogP contribution < -0.4 is 0 Å². The number of hydrogen-bond acceptors (Lipinski definition) is 2. The van der Waals surface area contributed by atoms with Gasteiger partial charge in [-0.3, -0.25) is 4.90 Å². The lowest BCUT2D eigenvalue weighted by Crippen LogP contribution is -2.52. The van der Waals surface area contributed by atoms with Gasteiger partial charge < -0.3 is 4.74 Å². The highest BCUT2D eigenvalue weighted by molar-refractivity contribution is 4.83. The van der Waals surface area contributed by atoms with Gasteiger partial charge in [0.25, 0.3) is 0 Å². The van der Waals surface area contributed by atoms with Gasteiger partial charge in [0.15, 0.2) is 0 Å². The van der Waals surface area contributed by atoms with Crippen LogP contribution in [0.15, 0.2) is 0 Å². The number of likely N-dealkylation sites (tertiary alicyclic amines) is 1. The Kier molecular flexibility index (Phi) is 3.53. The van der Waals surface area contributed by atoms with Crippen LogP contribution in [-0.4, -0.2) is 30.8 Å². The van der Waals surface area contributed by atoms with Gasteiger partial charge in [0.1, 0.15) is 5.72 Å². The second-order valence-corrected chi connectivity index (χ2v) is 3.54. The molecular formula is C10H21NO. The van der Waals surface area contributed by atoms with Gasteiger partial charge >= 0.3 is 0 Å². The first-order chi connectivity index (χ1) is 5.79. The van der Waals surface area contributed by atoms with E-state index in [2.05, 4.69) is 18.7 Å². The van der Waals surface area contributed by atoms with E-state index < -0.39 is 0 Å². The molecule has 0 spiro atoms. The van der Waals surface area contributed by atoms with Crippen molar-refractivity contribution < 1.29 is 4.74 Å². The summed E-state index contributed by atoms with van der Waals surface area (Å²) in [5.74, 6) is 0. The average Bonchev–Trinajstić information content (AvgIpc) is 2.17. The van der Waals surface area contributed by atoms with Gasteiger partial charge in [0.05, 0.1) is 0 Å². The summed E-state index contributed by atoms with van der Waals surface area (Å²) in [6.45, 7) is 6.76. The topological polar surface area (TPSA) is 12.5 Å². The van der Waals surface area contributed by atoms with E-state index >= 15 is 0 Å². The third-order valence-electron chi connectivity index (χ3n) is 3.14. The molecule has 0 N–H and O–H groups in total. The maximum absolute atomic E-state index is 5.66. The highest BCUT2D eigenvalue weighted by Gasteiger charge is 2.35. The molecule has 2 nitrogen and oxygen atoms in total. The Bertz CT molecular complexity index is 132. The zero-order chi connectivity index (χ0) is 9.03. The highest BCUT2D eigenvalue weighted by Crippen LogP contribution is 2.31. The van der Waals surface area contributed by atoms with E-state index in [0.29, 0.717) is 0 Å². The first-order valence-corrected chi connectivity index (χ1v) is 5.09. The Morgan fingerprint density at radius 1 is 1.33 bits per heavy atom. The first-order valence-electron chi connectivity index (χ1n) is 5.09. The molecule has 1 atom stereocenters. The van der Waals surface area contributed by atoms with Crippen molar-refractivity contribution in [2.24, 2.45) is 0 Å². The van der Waals surface area contributed by atoms with E-state index in [1.807, 2.05) is 7.11 Å². The molecular weight excluding hydrogens is 150 g/mol. The molecule has 1 heterocycles. The lowest BCUT2D eigenvalue weighted by atomic mass is 9.95. The van der Waals surface area contributed by atoms with Crippen LogP contribution in [0.5, 0.6) is 0 Å². The number of ether oxygens (including phenoxy) is 1. The summed E-state index contributed by atoms with van der Waals surface area (Å²) in [7, 11) is 1.84. The molecule has 1 saturated heterocycles. The van der Waals surface area contributed by atoms with Crippen LogP contribution in [0.1, 0.15) is 39.5 Å². The van der Waals surface area contributed by atoms with E-state index in [0.717, 1.165) is 13.0 Å². The predicted octanol–water partition coefficient (Wildman–Crippen LogP) is 2.24. The molecule has 0 aromatic carbocycles. The Balaban J connectivity index is 2.66. The zero-order valence-electron chi connectivity index (χ0n) is 8.60. The molecule has 72 valence electrons. The summed E-state index contributed by atoms with van der Waals surface area (Å²) in [6, 6.07) is 0. The van der Waals surface area contributed by atoms with Gasteiger partial charge in [0.2, 0.25) is 0 Å². The van der Waals surface area contributed by atoms with Crippen LogP contribution in [0.3, 0.4) is 0 Å². The monoisotopic (exact) mass is 171 g/mol. The van der Waals surface area contributed by atoms with E-state index in [-0.39, 0.29) is 5.72 Å². The number of rotatable bonds is 3. The molecule has 1 unspecified atom stereocenters. The molecule has 0 amide bonds. The van der Waals surface area contributed by atoms with Crippen molar-refractivity contribution in [1.82, 2.24) is 4.90 Å². The molecule has 1 aliphatic heterocycles. The molecule has 12 heavy (non-hydrogen) atoms. The van der Waals surface area contributed by atoms with Crippen LogP contribution in [0.4, 0.5) is 0 Å². The van der Waals surface area contributed by atoms with Crippen LogP contribution in [0.2, 0.25) is 0 Å². The molecule has 0 bridgehead atoms. The van der Waals surface area contributed by atoms with Crippen molar-refractivity contribution in [1.29, 1.82) is 0 Å². The Labute approximate surface area is 75.9 Å².